The van der Waals surface area contributed by atoms with E-state index in [1.807, 2.05) is 56.0 Å². The number of benzene rings is 1. The summed E-state index contributed by atoms with van der Waals surface area (Å²) in [5.41, 5.74) is -0.862. The fourth-order valence-corrected chi connectivity index (χ4v) is 5.18. The molecule has 0 bridgehead atoms. The second-order valence-corrected chi connectivity index (χ2v) is 9.96. The van der Waals surface area contributed by atoms with Crippen LogP contribution in [0.25, 0.3) is 0 Å². The molecule has 0 N–H and O–H groups in total. The maximum Gasteiger partial charge on any atom is 0.411 e. The van der Waals surface area contributed by atoms with Crippen molar-refractivity contribution in [3.63, 3.8) is 0 Å². The Morgan fingerprint density at radius 1 is 1.18 bits per heavy atom. The summed E-state index contributed by atoms with van der Waals surface area (Å²) >= 11 is 0. The van der Waals surface area contributed by atoms with Crippen molar-refractivity contribution < 1.29 is 28.5 Å². The van der Waals surface area contributed by atoms with Gasteiger partial charge in [-0.3, -0.25) is 9.69 Å². The third-order valence-electron chi connectivity index (χ3n) is 6.65. The first-order valence-corrected chi connectivity index (χ1v) is 11.8. The van der Waals surface area contributed by atoms with Crippen LogP contribution in [0.5, 0.6) is 0 Å². The molecular formula is C26H38N2O6. The number of carbonyl (C=O) groups excluding carboxylic acids is 2. The van der Waals surface area contributed by atoms with Gasteiger partial charge in [-0.1, -0.05) is 30.3 Å². The van der Waals surface area contributed by atoms with E-state index < -0.39 is 23.5 Å². The van der Waals surface area contributed by atoms with E-state index in [0.29, 0.717) is 26.1 Å². The van der Waals surface area contributed by atoms with Crippen LogP contribution < -0.4 is 0 Å². The van der Waals surface area contributed by atoms with Gasteiger partial charge in [-0.05, 0) is 44.7 Å². The first-order chi connectivity index (χ1) is 16.2. The van der Waals surface area contributed by atoms with Gasteiger partial charge in [0.1, 0.15) is 11.1 Å². The summed E-state index contributed by atoms with van der Waals surface area (Å²) in [4.78, 5) is 31.1. The number of methoxy groups -OCH3 is 3. The standard InChI is InChI=1S/C26H38N2O6/c1-25(2,3)34-24(30)28-18-20(16-22(32-5)33-6)21-12-14-27(17-19-10-8-7-9-11-19)23(29)26(21,28)13-15-31-4/h7-11,13,15,20-22H,12,14,16-18H2,1-6H3/b15-13+/t20?,21-,26+/m1/s1. The van der Waals surface area contributed by atoms with Crippen molar-refractivity contribution in [2.24, 2.45) is 11.8 Å². The van der Waals surface area contributed by atoms with Gasteiger partial charge in [-0.25, -0.2) is 4.79 Å². The maximum atomic E-state index is 14.2. The fraction of sp³-hybridized carbons (Fsp3) is 0.615. The zero-order valence-electron chi connectivity index (χ0n) is 21.2. The number of piperidine rings is 1. The summed E-state index contributed by atoms with van der Waals surface area (Å²) in [6.07, 6.45) is 3.59. The lowest BCUT2D eigenvalue weighted by molar-refractivity contribution is -0.148. The minimum atomic E-state index is -1.21. The summed E-state index contributed by atoms with van der Waals surface area (Å²) in [6, 6.07) is 9.88. The first kappa shape index (κ1) is 26.0. The predicted octanol–water partition coefficient (Wildman–Crippen LogP) is 3.81. The van der Waals surface area contributed by atoms with Crippen LogP contribution in [-0.2, 0) is 30.3 Å². The molecule has 0 aromatic heterocycles. The maximum absolute atomic E-state index is 14.2. The lowest BCUT2D eigenvalue weighted by Gasteiger charge is -2.46. The van der Waals surface area contributed by atoms with Crippen LogP contribution in [0.3, 0.4) is 0 Å². The molecule has 2 fully saturated rings. The lowest BCUT2D eigenvalue weighted by Crippen LogP contribution is -2.63. The topological polar surface area (TPSA) is 77.5 Å². The summed E-state index contributed by atoms with van der Waals surface area (Å²) in [6.45, 7) is 6.91. The number of hydrogen-bond donors (Lipinski definition) is 0. The van der Waals surface area contributed by atoms with Crippen LogP contribution in [-0.4, -0.2) is 73.6 Å². The van der Waals surface area contributed by atoms with E-state index in [0.717, 1.165) is 12.0 Å². The van der Waals surface area contributed by atoms with Crippen LogP contribution in [0.4, 0.5) is 4.79 Å². The number of rotatable bonds is 8. The average molecular weight is 475 g/mol. The van der Waals surface area contributed by atoms with Gasteiger partial charge in [-0.2, -0.15) is 0 Å². The summed E-state index contributed by atoms with van der Waals surface area (Å²) in [5.74, 6) is -0.263. The highest BCUT2D eigenvalue weighted by Crippen LogP contribution is 2.48. The summed E-state index contributed by atoms with van der Waals surface area (Å²) < 4.78 is 21.9. The van der Waals surface area contributed by atoms with Crippen molar-refractivity contribution in [1.82, 2.24) is 9.80 Å². The Labute approximate surface area is 202 Å². The second kappa shape index (κ2) is 10.8. The molecular weight excluding hydrogens is 436 g/mol. The number of fused-ring (bicyclic) bond motifs is 1. The van der Waals surface area contributed by atoms with Gasteiger partial charge in [-0.15, -0.1) is 0 Å². The minimum absolute atomic E-state index is 0.0123. The van der Waals surface area contributed by atoms with Crippen molar-refractivity contribution >= 4 is 12.0 Å². The molecule has 2 aliphatic rings. The number of carbonyl (C=O) groups is 2. The molecule has 0 spiro atoms. The molecule has 2 aliphatic heterocycles. The molecule has 0 saturated carbocycles. The highest BCUT2D eigenvalue weighted by Gasteiger charge is 2.62. The minimum Gasteiger partial charge on any atom is -0.505 e. The quantitative estimate of drug-likeness (QED) is 0.421. The van der Waals surface area contributed by atoms with Gasteiger partial charge in [0, 0.05) is 46.2 Å². The van der Waals surface area contributed by atoms with E-state index in [9.17, 15) is 9.59 Å². The molecule has 8 nitrogen and oxygen atoms in total. The molecule has 0 radical (unpaired) electrons. The molecule has 1 unspecified atom stereocenters. The summed E-state index contributed by atoms with van der Waals surface area (Å²) in [5, 5.41) is 0. The highest BCUT2D eigenvalue weighted by atomic mass is 16.7. The monoisotopic (exact) mass is 474 g/mol. The third-order valence-corrected chi connectivity index (χ3v) is 6.65. The van der Waals surface area contributed by atoms with Crippen molar-refractivity contribution in [3.8, 4) is 0 Å². The van der Waals surface area contributed by atoms with Gasteiger partial charge in [0.15, 0.2) is 6.29 Å². The van der Waals surface area contributed by atoms with Gasteiger partial charge >= 0.3 is 6.09 Å². The molecule has 1 aromatic rings. The Morgan fingerprint density at radius 3 is 2.44 bits per heavy atom. The molecule has 2 amide bonds. The number of amides is 2. The largest absolute Gasteiger partial charge is 0.505 e. The van der Waals surface area contributed by atoms with Gasteiger partial charge in [0.05, 0.1) is 13.4 Å². The van der Waals surface area contributed by atoms with Crippen LogP contribution in [0.2, 0.25) is 0 Å². The van der Waals surface area contributed by atoms with Gasteiger partial charge in [0.25, 0.3) is 5.91 Å². The molecule has 3 rings (SSSR count). The van der Waals surface area contributed by atoms with E-state index in [4.69, 9.17) is 18.9 Å². The molecule has 188 valence electrons. The zero-order chi connectivity index (χ0) is 24.9. The number of ether oxygens (including phenoxy) is 4. The molecule has 0 aliphatic carbocycles. The normalized spacial score (nSPS) is 25.2. The van der Waals surface area contributed by atoms with Crippen LogP contribution in [0.15, 0.2) is 42.7 Å². The van der Waals surface area contributed by atoms with Crippen LogP contribution in [0, 0.1) is 11.8 Å². The van der Waals surface area contributed by atoms with Crippen molar-refractivity contribution in [1.29, 1.82) is 0 Å². The molecule has 1 aromatic carbocycles. The van der Waals surface area contributed by atoms with E-state index in [1.54, 1.807) is 25.2 Å². The zero-order valence-corrected chi connectivity index (χ0v) is 21.2. The highest BCUT2D eigenvalue weighted by molar-refractivity contribution is 5.94. The molecule has 2 saturated heterocycles. The number of likely N-dealkylation sites (tertiary alicyclic amines) is 2. The predicted molar refractivity (Wildman–Crippen MR) is 128 cm³/mol. The lowest BCUT2D eigenvalue weighted by atomic mass is 9.73. The number of hydrogen-bond acceptors (Lipinski definition) is 6. The Morgan fingerprint density at radius 2 is 1.85 bits per heavy atom. The van der Waals surface area contributed by atoms with Crippen molar-refractivity contribution in [2.75, 3.05) is 34.4 Å². The van der Waals surface area contributed by atoms with Crippen LogP contribution in [0.1, 0.15) is 39.2 Å². The number of nitrogens with zero attached hydrogens (tertiary/aromatic N) is 2. The van der Waals surface area contributed by atoms with E-state index in [1.165, 1.54) is 13.4 Å². The van der Waals surface area contributed by atoms with Gasteiger partial charge < -0.3 is 23.8 Å². The van der Waals surface area contributed by atoms with Gasteiger partial charge in [0.2, 0.25) is 0 Å². The van der Waals surface area contributed by atoms with E-state index >= 15 is 0 Å². The van der Waals surface area contributed by atoms with Crippen molar-refractivity contribution in [2.45, 2.75) is 57.6 Å². The SMILES string of the molecule is CO/C=C/[C@@]12C(=O)N(Cc3ccccc3)CC[C@@H]1C(CC(OC)OC)CN2C(=O)OC(C)(C)C. The molecule has 2 heterocycles. The fourth-order valence-electron chi connectivity index (χ4n) is 5.18. The smallest absolute Gasteiger partial charge is 0.411 e. The van der Waals surface area contributed by atoms with Crippen LogP contribution >= 0.6 is 0 Å². The first-order valence-electron chi connectivity index (χ1n) is 11.8. The Balaban J connectivity index is 2.03. The second-order valence-electron chi connectivity index (χ2n) is 9.96. The summed E-state index contributed by atoms with van der Waals surface area (Å²) in [7, 11) is 4.73. The Kier molecular flexibility index (Phi) is 8.25. The molecule has 34 heavy (non-hydrogen) atoms. The average Bonchev–Trinajstić information content (AvgIpc) is 3.12. The van der Waals surface area contributed by atoms with E-state index in [-0.39, 0.29) is 17.7 Å². The Bertz CT molecular complexity index is 864. The third kappa shape index (κ3) is 5.39. The van der Waals surface area contributed by atoms with E-state index in [2.05, 4.69) is 0 Å². The molecule has 3 atom stereocenters. The van der Waals surface area contributed by atoms with Crippen molar-refractivity contribution in [3.05, 3.63) is 48.2 Å². The Hall–Kier alpha value is -2.58. The molecule has 8 heteroatoms.